The zero-order valence-corrected chi connectivity index (χ0v) is 13.6. The van der Waals surface area contributed by atoms with E-state index in [1.807, 2.05) is 24.3 Å². The fraction of sp³-hybridized carbons (Fsp3) is 0.222. The van der Waals surface area contributed by atoms with E-state index in [1.165, 1.54) is 6.20 Å². The van der Waals surface area contributed by atoms with E-state index in [2.05, 4.69) is 22.2 Å². The number of nitrogens with zero attached hydrogens (tertiary/aromatic N) is 1. The van der Waals surface area contributed by atoms with E-state index in [0.717, 1.165) is 17.2 Å². The number of pyridine rings is 1. The maximum absolute atomic E-state index is 12.1. The Morgan fingerprint density at radius 3 is 2.71 bits per heavy atom. The molecule has 0 saturated carbocycles. The van der Waals surface area contributed by atoms with Crippen LogP contribution in [-0.2, 0) is 0 Å². The van der Waals surface area contributed by atoms with Gasteiger partial charge >= 0.3 is 0 Å². The van der Waals surface area contributed by atoms with Gasteiger partial charge < -0.3 is 20.1 Å². The smallest absolute Gasteiger partial charge is 0.253 e. The number of carbonyl (C=O) groups is 1. The lowest BCUT2D eigenvalue weighted by molar-refractivity contribution is 0.0946. The molecule has 0 atom stereocenters. The third kappa shape index (κ3) is 5.31. The number of aromatic nitrogens is 1. The maximum Gasteiger partial charge on any atom is 0.253 e. The van der Waals surface area contributed by atoms with E-state index >= 15 is 0 Å². The van der Waals surface area contributed by atoms with Crippen LogP contribution in [0.15, 0.2) is 55.4 Å². The summed E-state index contributed by atoms with van der Waals surface area (Å²) in [6.45, 7) is 5.02. The molecular weight excluding hydrogens is 306 g/mol. The molecule has 0 unspecified atom stereocenters. The van der Waals surface area contributed by atoms with E-state index in [-0.39, 0.29) is 5.91 Å². The third-order valence-electron chi connectivity index (χ3n) is 3.17. The molecule has 0 aliphatic rings. The molecule has 0 saturated heterocycles. The van der Waals surface area contributed by atoms with Crippen LogP contribution in [-0.4, -0.2) is 37.7 Å². The molecule has 0 aliphatic carbocycles. The summed E-state index contributed by atoms with van der Waals surface area (Å²) in [4.78, 5) is 16.1. The number of benzene rings is 1. The second-order valence-corrected chi connectivity index (χ2v) is 4.91. The molecule has 1 amide bonds. The molecule has 1 aromatic carbocycles. The highest BCUT2D eigenvalue weighted by molar-refractivity contribution is 5.94. The summed E-state index contributed by atoms with van der Waals surface area (Å²) >= 11 is 0. The lowest BCUT2D eigenvalue weighted by Crippen LogP contribution is -2.28. The van der Waals surface area contributed by atoms with Gasteiger partial charge in [-0.1, -0.05) is 6.08 Å². The van der Waals surface area contributed by atoms with Gasteiger partial charge in [0.25, 0.3) is 5.91 Å². The number of hydrogen-bond donors (Lipinski definition) is 2. The molecule has 6 nitrogen and oxygen atoms in total. The summed E-state index contributed by atoms with van der Waals surface area (Å²) in [5.74, 6) is 1.30. The van der Waals surface area contributed by atoms with Gasteiger partial charge in [0.05, 0.1) is 24.9 Å². The molecule has 2 rings (SSSR count). The van der Waals surface area contributed by atoms with Crippen molar-refractivity contribution in [3.8, 4) is 11.5 Å². The Morgan fingerprint density at radius 1 is 1.25 bits per heavy atom. The standard InChI is InChI=1S/C18H21N3O3/c1-3-8-20-15-11-14(12-19-13-15)18(22)21-9-10-24-17-6-4-16(23-2)5-7-17/h3-7,11-13,20H,1,8-10H2,2H3,(H,21,22). The topological polar surface area (TPSA) is 72.5 Å². The normalized spacial score (nSPS) is 9.88. The highest BCUT2D eigenvalue weighted by atomic mass is 16.5. The minimum atomic E-state index is -0.192. The lowest BCUT2D eigenvalue weighted by Gasteiger charge is -2.09. The number of rotatable bonds is 9. The molecule has 0 bridgehead atoms. The van der Waals surface area contributed by atoms with Crippen molar-refractivity contribution in [2.45, 2.75) is 0 Å². The zero-order valence-electron chi connectivity index (χ0n) is 13.6. The Balaban J connectivity index is 1.77. The van der Waals surface area contributed by atoms with Crippen molar-refractivity contribution in [3.05, 3.63) is 60.9 Å². The van der Waals surface area contributed by atoms with Gasteiger partial charge in [-0.05, 0) is 30.3 Å². The largest absolute Gasteiger partial charge is 0.497 e. The first-order chi connectivity index (χ1) is 11.7. The second-order valence-electron chi connectivity index (χ2n) is 4.91. The number of amides is 1. The van der Waals surface area contributed by atoms with E-state index in [0.29, 0.717) is 25.3 Å². The van der Waals surface area contributed by atoms with Crippen molar-refractivity contribution in [1.29, 1.82) is 0 Å². The van der Waals surface area contributed by atoms with Gasteiger partial charge in [-0.15, -0.1) is 6.58 Å². The fourth-order valence-electron chi connectivity index (χ4n) is 1.96. The van der Waals surface area contributed by atoms with Gasteiger partial charge in [0.15, 0.2) is 0 Å². The molecule has 1 heterocycles. The Labute approximate surface area is 141 Å². The number of methoxy groups -OCH3 is 1. The van der Waals surface area contributed by atoms with Crippen LogP contribution >= 0.6 is 0 Å². The van der Waals surface area contributed by atoms with Crippen LogP contribution in [0, 0.1) is 0 Å². The summed E-state index contributed by atoms with van der Waals surface area (Å²) in [7, 11) is 1.61. The van der Waals surface area contributed by atoms with Crippen LogP contribution in [0.2, 0.25) is 0 Å². The first-order valence-corrected chi connectivity index (χ1v) is 7.58. The first kappa shape index (κ1) is 17.3. The summed E-state index contributed by atoms with van der Waals surface area (Å²) in [5, 5.41) is 5.89. The maximum atomic E-state index is 12.1. The van der Waals surface area contributed by atoms with E-state index in [4.69, 9.17) is 9.47 Å². The van der Waals surface area contributed by atoms with Crippen molar-refractivity contribution < 1.29 is 14.3 Å². The number of ether oxygens (including phenoxy) is 2. The molecule has 24 heavy (non-hydrogen) atoms. The predicted molar refractivity (Wildman–Crippen MR) is 93.7 cm³/mol. The van der Waals surface area contributed by atoms with Gasteiger partial charge in [0.2, 0.25) is 0 Å². The molecule has 2 aromatic rings. The van der Waals surface area contributed by atoms with Crippen molar-refractivity contribution in [1.82, 2.24) is 10.3 Å². The van der Waals surface area contributed by atoms with Crippen LogP contribution in [0.25, 0.3) is 0 Å². The molecule has 2 N–H and O–H groups in total. The van der Waals surface area contributed by atoms with E-state index in [1.54, 1.807) is 25.4 Å². The zero-order chi connectivity index (χ0) is 17.2. The van der Waals surface area contributed by atoms with Gasteiger partial charge in [-0.2, -0.15) is 0 Å². The van der Waals surface area contributed by atoms with Gasteiger partial charge in [0.1, 0.15) is 18.1 Å². The molecule has 0 aliphatic heterocycles. The number of anilines is 1. The number of hydrogen-bond acceptors (Lipinski definition) is 5. The average molecular weight is 327 g/mol. The summed E-state index contributed by atoms with van der Waals surface area (Å²) in [6.07, 6.45) is 4.93. The summed E-state index contributed by atoms with van der Waals surface area (Å²) < 4.78 is 10.6. The molecule has 126 valence electrons. The number of carbonyl (C=O) groups excluding carboxylic acids is 1. The van der Waals surface area contributed by atoms with E-state index in [9.17, 15) is 4.79 Å². The molecule has 6 heteroatoms. The van der Waals surface area contributed by atoms with Gasteiger partial charge in [-0.3, -0.25) is 9.78 Å². The van der Waals surface area contributed by atoms with Crippen molar-refractivity contribution in [2.75, 3.05) is 32.1 Å². The average Bonchev–Trinajstić information content (AvgIpc) is 2.64. The molecular formula is C18H21N3O3. The van der Waals surface area contributed by atoms with Crippen LogP contribution in [0.1, 0.15) is 10.4 Å². The van der Waals surface area contributed by atoms with Gasteiger partial charge in [0, 0.05) is 18.9 Å². The highest BCUT2D eigenvalue weighted by Crippen LogP contribution is 2.16. The molecule has 1 aromatic heterocycles. The third-order valence-corrected chi connectivity index (χ3v) is 3.17. The fourth-order valence-corrected chi connectivity index (χ4v) is 1.96. The SMILES string of the molecule is C=CCNc1cncc(C(=O)NCCOc2ccc(OC)cc2)c1. The predicted octanol–water partition coefficient (Wildman–Crippen LogP) is 2.50. The van der Waals surface area contributed by atoms with Crippen LogP contribution in [0.3, 0.4) is 0 Å². The van der Waals surface area contributed by atoms with Crippen molar-refractivity contribution in [2.24, 2.45) is 0 Å². The van der Waals surface area contributed by atoms with Crippen LogP contribution < -0.4 is 20.1 Å². The Bertz CT molecular complexity index is 671. The Hall–Kier alpha value is -3.02. The van der Waals surface area contributed by atoms with E-state index < -0.39 is 0 Å². The van der Waals surface area contributed by atoms with Crippen molar-refractivity contribution >= 4 is 11.6 Å². The molecule has 0 spiro atoms. The first-order valence-electron chi connectivity index (χ1n) is 7.58. The summed E-state index contributed by atoms with van der Waals surface area (Å²) in [5.41, 5.74) is 1.27. The molecule has 0 radical (unpaired) electrons. The minimum Gasteiger partial charge on any atom is -0.497 e. The van der Waals surface area contributed by atoms with Gasteiger partial charge in [-0.25, -0.2) is 0 Å². The van der Waals surface area contributed by atoms with Crippen LogP contribution in [0.5, 0.6) is 11.5 Å². The Morgan fingerprint density at radius 2 is 2.00 bits per heavy atom. The Kier molecular flexibility index (Phi) is 6.64. The quantitative estimate of drug-likeness (QED) is 0.547. The summed E-state index contributed by atoms with van der Waals surface area (Å²) in [6, 6.07) is 9.03. The van der Waals surface area contributed by atoms with Crippen molar-refractivity contribution in [3.63, 3.8) is 0 Å². The highest BCUT2D eigenvalue weighted by Gasteiger charge is 2.06. The molecule has 0 fully saturated rings. The minimum absolute atomic E-state index is 0.192. The van der Waals surface area contributed by atoms with Crippen LogP contribution in [0.4, 0.5) is 5.69 Å². The lowest BCUT2D eigenvalue weighted by atomic mass is 10.2. The number of nitrogens with one attached hydrogen (secondary N) is 2. The second kappa shape index (κ2) is 9.19. The monoisotopic (exact) mass is 327 g/mol.